The molecule has 0 aliphatic carbocycles. The summed E-state index contributed by atoms with van der Waals surface area (Å²) in [6.07, 6.45) is 2.26. The third-order valence-electron chi connectivity index (χ3n) is 3.11. The van der Waals surface area contributed by atoms with Gasteiger partial charge in [-0.2, -0.15) is 0 Å². The molecule has 5 heteroatoms. The van der Waals surface area contributed by atoms with Crippen LogP contribution >= 0.6 is 11.3 Å². The maximum absolute atomic E-state index is 12.0. The van der Waals surface area contributed by atoms with Gasteiger partial charge in [0.15, 0.2) is 0 Å². The van der Waals surface area contributed by atoms with Gasteiger partial charge in [-0.25, -0.2) is 4.79 Å². The molecule has 0 aliphatic heterocycles. The summed E-state index contributed by atoms with van der Waals surface area (Å²) in [5.74, 6) is -0.0802. The topological polar surface area (TPSA) is 55.4 Å². The molecule has 112 valence electrons. The predicted octanol–water partition coefficient (Wildman–Crippen LogP) is 3.86. The maximum Gasteiger partial charge on any atom is 0.341 e. The van der Waals surface area contributed by atoms with Crippen molar-refractivity contribution < 1.29 is 14.3 Å². The molecule has 1 aromatic heterocycles. The van der Waals surface area contributed by atoms with Crippen molar-refractivity contribution in [3.8, 4) is 0 Å². The van der Waals surface area contributed by atoms with E-state index < -0.39 is 0 Å². The molecule has 0 fully saturated rings. The molecule has 0 aliphatic rings. The number of rotatable bonds is 7. The molecule has 1 rings (SSSR count). The smallest absolute Gasteiger partial charge is 0.341 e. The van der Waals surface area contributed by atoms with Gasteiger partial charge in [0.05, 0.1) is 12.2 Å². The summed E-state index contributed by atoms with van der Waals surface area (Å²) < 4.78 is 5.03. The summed E-state index contributed by atoms with van der Waals surface area (Å²) in [6, 6.07) is 1.81. The average Bonchev–Trinajstić information content (AvgIpc) is 2.81. The van der Waals surface area contributed by atoms with Crippen LogP contribution in [-0.2, 0) is 16.0 Å². The van der Waals surface area contributed by atoms with Gasteiger partial charge < -0.3 is 10.1 Å². The van der Waals surface area contributed by atoms with Crippen molar-refractivity contribution in [2.45, 2.75) is 47.0 Å². The van der Waals surface area contributed by atoms with Gasteiger partial charge in [-0.1, -0.05) is 27.2 Å². The molecule has 1 amide bonds. The van der Waals surface area contributed by atoms with Crippen LogP contribution < -0.4 is 5.32 Å². The summed E-state index contributed by atoms with van der Waals surface area (Å²) in [6.45, 7) is 8.22. The molecule has 1 atom stereocenters. The zero-order chi connectivity index (χ0) is 15.1. The second-order valence-electron chi connectivity index (χ2n) is 4.80. The number of carbonyl (C=O) groups excluding carboxylic acids is 2. The second-order valence-corrected chi connectivity index (χ2v) is 5.93. The highest BCUT2D eigenvalue weighted by Gasteiger charge is 2.19. The number of anilines is 1. The fourth-order valence-electron chi connectivity index (χ4n) is 1.71. The van der Waals surface area contributed by atoms with E-state index in [1.807, 2.05) is 19.9 Å². The largest absolute Gasteiger partial charge is 0.462 e. The molecule has 0 saturated carbocycles. The summed E-state index contributed by atoms with van der Waals surface area (Å²) in [5.41, 5.74) is 0.464. The maximum atomic E-state index is 12.0. The van der Waals surface area contributed by atoms with Crippen molar-refractivity contribution in [3.05, 3.63) is 16.5 Å². The van der Waals surface area contributed by atoms with Gasteiger partial charge in [-0.05, 0) is 25.3 Å². The minimum Gasteiger partial charge on any atom is -0.462 e. The lowest BCUT2D eigenvalue weighted by Gasteiger charge is -2.09. The first-order valence-corrected chi connectivity index (χ1v) is 7.93. The summed E-state index contributed by atoms with van der Waals surface area (Å²) in [5, 5.41) is 3.45. The van der Waals surface area contributed by atoms with E-state index in [0.717, 1.165) is 17.7 Å². The number of thiophene rings is 1. The minimum absolute atomic E-state index is 0.0469. The van der Waals surface area contributed by atoms with E-state index in [1.54, 1.807) is 6.92 Å². The monoisotopic (exact) mass is 297 g/mol. The standard InChI is InChI=1S/C15H23NO3S/c1-5-10(4)8-13(17)16-14-12(15(18)19-7-3)9-11(6-2)20-14/h9-10H,5-8H2,1-4H3,(H,16,17). The first-order chi connectivity index (χ1) is 9.51. The van der Waals surface area contributed by atoms with E-state index in [1.165, 1.54) is 11.3 Å². The van der Waals surface area contributed by atoms with Crippen molar-refractivity contribution in [1.82, 2.24) is 0 Å². The van der Waals surface area contributed by atoms with Crippen molar-refractivity contribution in [2.75, 3.05) is 11.9 Å². The van der Waals surface area contributed by atoms with E-state index in [2.05, 4.69) is 12.2 Å². The fourth-order valence-corrected chi connectivity index (χ4v) is 2.71. The number of hydrogen-bond acceptors (Lipinski definition) is 4. The highest BCUT2D eigenvalue weighted by Crippen LogP contribution is 2.29. The number of amides is 1. The molecule has 1 unspecified atom stereocenters. The van der Waals surface area contributed by atoms with Crippen molar-refractivity contribution in [2.24, 2.45) is 5.92 Å². The molecule has 0 saturated heterocycles. The lowest BCUT2D eigenvalue weighted by Crippen LogP contribution is -2.16. The summed E-state index contributed by atoms with van der Waals surface area (Å²) in [7, 11) is 0. The Kier molecular flexibility index (Phi) is 6.71. The van der Waals surface area contributed by atoms with Crippen molar-refractivity contribution >= 4 is 28.2 Å². The van der Waals surface area contributed by atoms with E-state index in [0.29, 0.717) is 29.5 Å². The molecule has 0 bridgehead atoms. The molecule has 0 spiro atoms. The van der Waals surface area contributed by atoms with Crippen molar-refractivity contribution in [3.63, 3.8) is 0 Å². The lowest BCUT2D eigenvalue weighted by molar-refractivity contribution is -0.116. The lowest BCUT2D eigenvalue weighted by atomic mass is 10.1. The Morgan fingerprint density at radius 3 is 2.60 bits per heavy atom. The Bertz CT molecular complexity index is 468. The van der Waals surface area contributed by atoms with Crippen LogP contribution in [0.2, 0.25) is 0 Å². The first-order valence-electron chi connectivity index (χ1n) is 7.11. The van der Waals surface area contributed by atoms with Crippen LogP contribution in [0.3, 0.4) is 0 Å². The normalized spacial score (nSPS) is 12.0. The number of nitrogens with one attached hydrogen (secondary N) is 1. The second kappa shape index (κ2) is 8.04. The van der Waals surface area contributed by atoms with Crippen LogP contribution in [0.25, 0.3) is 0 Å². The van der Waals surface area contributed by atoms with Crippen LogP contribution in [-0.4, -0.2) is 18.5 Å². The Hall–Kier alpha value is -1.36. The van der Waals surface area contributed by atoms with Gasteiger partial charge in [-0.3, -0.25) is 4.79 Å². The molecule has 4 nitrogen and oxygen atoms in total. The third kappa shape index (κ3) is 4.63. The molecule has 1 aromatic rings. The van der Waals surface area contributed by atoms with Gasteiger partial charge in [0.1, 0.15) is 5.00 Å². The Balaban J connectivity index is 2.84. The van der Waals surface area contributed by atoms with E-state index in [9.17, 15) is 9.59 Å². The number of ether oxygens (including phenoxy) is 1. The highest BCUT2D eigenvalue weighted by molar-refractivity contribution is 7.16. The van der Waals surface area contributed by atoms with E-state index >= 15 is 0 Å². The number of aryl methyl sites for hydroxylation is 1. The van der Waals surface area contributed by atoms with Gasteiger partial charge in [0, 0.05) is 11.3 Å². The van der Waals surface area contributed by atoms with E-state index in [4.69, 9.17) is 4.74 Å². The highest BCUT2D eigenvalue weighted by atomic mass is 32.1. The van der Waals surface area contributed by atoms with Gasteiger partial charge >= 0.3 is 5.97 Å². The Morgan fingerprint density at radius 1 is 1.35 bits per heavy atom. The predicted molar refractivity (Wildman–Crippen MR) is 82.4 cm³/mol. The van der Waals surface area contributed by atoms with Crippen LogP contribution in [0.5, 0.6) is 0 Å². The molecule has 1 N–H and O–H groups in total. The minimum atomic E-state index is -0.373. The zero-order valence-electron chi connectivity index (χ0n) is 12.6. The number of esters is 1. The first kappa shape index (κ1) is 16.7. The van der Waals surface area contributed by atoms with E-state index in [-0.39, 0.29) is 11.9 Å². The third-order valence-corrected chi connectivity index (χ3v) is 4.31. The fraction of sp³-hybridized carbons (Fsp3) is 0.600. The Morgan fingerprint density at radius 2 is 2.05 bits per heavy atom. The average molecular weight is 297 g/mol. The van der Waals surface area contributed by atoms with Gasteiger partial charge in [0.25, 0.3) is 0 Å². The SMILES string of the molecule is CCOC(=O)c1cc(CC)sc1NC(=O)CC(C)CC. The summed E-state index contributed by atoms with van der Waals surface area (Å²) >= 11 is 1.44. The Labute approximate surface area is 124 Å². The van der Waals surface area contributed by atoms with Crippen LogP contribution in [0.15, 0.2) is 6.07 Å². The van der Waals surface area contributed by atoms with Gasteiger partial charge in [0.2, 0.25) is 5.91 Å². The number of carbonyl (C=O) groups is 2. The molecular weight excluding hydrogens is 274 g/mol. The molecular formula is C15H23NO3S. The molecule has 20 heavy (non-hydrogen) atoms. The number of hydrogen-bond donors (Lipinski definition) is 1. The zero-order valence-corrected chi connectivity index (χ0v) is 13.4. The molecule has 0 aromatic carbocycles. The van der Waals surface area contributed by atoms with Crippen LogP contribution in [0.1, 0.15) is 55.8 Å². The van der Waals surface area contributed by atoms with Crippen LogP contribution in [0.4, 0.5) is 5.00 Å². The van der Waals surface area contributed by atoms with Crippen LogP contribution in [0, 0.1) is 5.92 Å². The van der Waals surface area contributed by atoms with Gasteiger partial charge in [-0.15, -0.1) is 11.3 Å². The quantitative estimate of drug-likeness (QED) is 0.777. The van der Waals surface area contributed by atoms with Crippen molar-refractivity contribution in [1.29, 1.82) is 0 Å². The molecule has 1 heterocycles. The molecule has 0 radical (unpaired) electrons. The summed E-state index contributed by atoms with van der Waals surface area (Å²) in [4.78, 5) is 24.9.